The summed E-state index contributed by atoms with van der Waals surface area (Å²) in [6.07, 6.45) is 7.42. The van der Waals surface area contributed by atoms with Crippen molar-refractivity contribution >= 4 is 40.6 Å². The molecule has 8 rings (SSSR count). The SMILES string of the molecule is Cc1cnc(N2CC3(CCOCC3)C2)c(C(=O)Nc2ccc(C(=O)N3CCc4cc(C(=O)Nc5c(F)cccc5C(C)C)oc4-c4ccncc43)cc2)c1. The number of para-hydroxylation sites is 1. The Morgan fingerprint density at radius 2 is 1.72 bits per heavy atom. The van der Waals surface area contributed by atoms with Crippen molar-refractivity contribution in [2.45, 2.75) is 46.0 Å². The summed E-state index contributed by atoms with van der Waals surface area (Å²) in [5.41, 5.74) is 5.29. The number of carbonyl (C=O) groups excluding carboxylic acids is 3. The highest BCUT2D eigenvalue weighted by molar-refractivity contribution is 6.10. The number of ether oxygens (including phenoxy) is 1. The van der Waals surface area contributed by atoms with Gasteiger partial charge in [-0.1, -0.05) is 26.0 Å². The van der Waals surface area contributed by atoms with Gasteiger partial charge in [0.1, 0.15) is 17.4 Å². The Bertz CT molecular complexity index is 2250. The largest absolute Gasteiger partial charge is 0.451 e. The number of pyridine rings is 2. The summed E-state index contributed by atoms with van der Waals surface area (Å²) in [6.45, 7) is 9.32. The van der Waals surface area contributed by atoms with Crippen LogP contribution in [0.15, 0.2) is 83.7 Å². The second kappa shape index (κ2) is 14.2. The van der Waals surface area contributed by atoms with Crippen LogP contribution in [0, 0.1) is 18.2 Å². The van der Waals surface area contributed by atoms with Crippen molar-refractivity contribution in [3.8, 4) is 11.3 Å². The van der Waals surface area contributed by atoms with Gasteiger partial charge in [0.2, 0.25) is 0 Å². The van der Waals surface area contributed by atoms with Gasteiger partial charge in [-0.2, -0.15) is 0 Å². The minimum atomic E-state index is -0.565. The molecule has 11 nitrogen and oxygen atoms in total. The third-order valence-electron chi connectivity index (χ3n) is 10.7. The van der Waals surface area contributed by atoms with Crippen LogP contribution in [0.4, 0.5) is 27.3 Å². The predicted octanol–water partition coefficient (Wildman–Crippen LogP) is 7.63. The van der Waals surface area contributed by atoms with E-state index in [4.69, 9.17) is 9.15 Å². The van der Waals surface area contributed by atoms with E-state index in [-0.39, 0.29) is 34.6 Å². The van der Waals surface area contributed by atoms with Crippen LogP contribution >= 0.6 is 0 Å². The second-order valence-electron chi connectivity index (χ2n) is 14.8. The van der Waals surface area contributed by atoms with Crippen molar-refractivity contribution in [2.24, 2.45) is 5.41 Å². The zero-order valence-corrected chi connectivity index (χ0v) is 30.4. The van der Waals surface area contributed by atoms with Crippen LogP contribution in [-0.4, -0.2) is 60.5 Å². The predicted molar refractivity (Wildman–Crippen MR) is 204 cm³/mol. The number of carbonyl (C=O) groups is 3. The molecule has 3 aliphatic heterocycles. The summed E-state index contributed by atoms with van der Waals surface area (Å²) < 4.78 is 26.5. The van der Waals surface area contributed by atoms with Crippen molar-refractivity contribution in [1.82, 2.24) is 9.97 Å². The minimum absolute atomic E-state index is 0.00706. The first-order chi connectivity index (χ1) is 26.1. The van der Waals surface area contributed by atoms with Crippen LogP contribution in [-0.2, 0) is 11.2 Å². The van der Waals surface area contributed by atoms with Crippen molar-refractivity contribution in [2.75, 3.05) is 53.3 Å². The number of benzene rings is 2. The Balaban J connectivity index is 0.977. The quantitative estimate of drug-likeness (QED) is 0.175. The zero-order valence-electron chi connectivity index (χ0n) is 30.4. The van der Waals surface area contributed by atoms with E-state index >= 15 is 0 Å². The average Bonchev–Trinajstić information content (AvgIpc) is 3.53. The van der Waals surface area contributed by atoms with Crippen molar-refractivity contribution < 1.29 is 27.9 Å². The Morgan fingerprint density at radius 1 is 0.944 bits per heavy atom. The van der Waals surface area contributed by atoms with Crippen LogP contribution in [0.3, 0.4) is 0 Å². The van der Waals surface area contributed by atoms with Crippen LogP contribution < -0.4 is 20.4 Å². The summed E-state index contributed by atoms with van der Waals surface area (Å²) in [5, 5.41) is 5.70. The molecule has 3 amide bonds. The van der Waals surface area contributed by atoms with E-state index in [0.717, 1.165) is 50.3 Å². The molecule has 2 N–H and O–H groups in total. The average molecular weight is 729 g/mol. The number of hydrogen-bond donors (Lipinski definition) is 2. The Morgan fingerprint density at radius 3 is 2.48 bits per heavy atom. The highest BCUT2D eigenvalue weighted by Gasteiger charge is 2.45. The minimum Gasteiger partial charge on any atom is -0.451 e. The van der Waals surface area contributed by atoms with E-state index in [0.29, 0.717) is 58.2 Å². The molecule has 12 heteroatoms. The molecule has 0 bridgehead atoms. The van der Waals surface area contributed by atoms with Gasteiger partial charge in [0, 0.05) is 73.0 Å². The number of halogens is 1. The standard InChI is InChI=1S/C42H41FN6O5/c1-25(2)30-5-4-6-33(43)36(30)47-40(51)35-20-28-12-16-49(34-22-44-15-11-31(34)37(28)54-35)41(52)27-7-9-29(10-8-27)46-39(50)32-19-26(3)21-45-38(32)48-23-42(24-48)13-17-53-18-14-42/h4-11,15,19-22,25H,12-14,16-18,23-24H2,1-3H3,(H,46,50)(H,47,51). The summed E-state index contributed by atoms with van der Waals surface area (Å²) in [4.78, 5) is 53.7. The Labute approximate surface area is 312 Å². The maximum absolute atomic E-state index is 14.8. The summed E-state index contributed by atoms with van der Waals surface area (Å²) in [5.74, 6) is -0.445. The van der Waals surface area contributed by atoms with Crippen LogP contribution in [0.5, 0.6) is 0 Å². The number of furan rings is 1. The number of hydrogen-bond acceptors (Lipinski definition) is 8. The number of nitrogens with one attached hydrogen (secondary N) is 2. The lowest BCUT2D eigenvalue weighted by Gasteiger charge is -2.53. The van der Waals surface area contributed by atoms with Crippen molar-refractivity contribution in [1.29, 1.82) is 0 Å². The zero-order chi connectivity index (χ0) is 37.6. The van der Waals surface area contributed by atoms with Gasteiger partial charge in [0.05, 0.1) is 23.1 Å². The Kier molecular flexibility index (Phi) is 9.22. The summed E-state index contributed by atoms with van der Waals surface area (Å²) in [6, 6.07) is 16.8. The summed E-state index contributed by atoms with van der Waals surface area (Å²) >= 11 is 0. The molecular weight excluding hydrogens is 687 g/mol. The third kappa shape index (κ3) is 6.62. The van der Waals surface area contributed by atoms with Crippen LogP contribution in [0.2, 0.25) is 0 Å². The fraction of sp³-hybridized carbons (Fsp3) is 0.310. The van der Waals surface area contributed by atoms with Gasteiger partial charge < -0.3 is 29.6 Å². The number of rotatable bonds is 7. The summed E-state index contributed by atoms with van der Waals surface area (Å²) in [7, 11) is 0. The maximum atomic E-state index is 14.8. The molecule has 0 aliphatic carbocycles. The van der Waals surface area contributed by atoms with Gasteiger partial charge in [-0.25, -0.2) is 9.37 Å². The molecule has 0 saturated carbocycles. The molecule has 54 heavy (non-hydrogen) atoms. The van der Waals surface area contributed by atoms with Gasteiger partial charge >= 0.3 is 0 Å². The molecule has 0 atom stereocenters. The van der Waals surface area contributed by atoms with Crippen molar-refractivity contribution in [3.05, 3.63) is 119 Å². The number of anilines is 4. The highest BCUT2D eigenvalue weighted by Crippen LogP contribution is 2.43. The second-order valence-corrected chi connectivity index (χ2v) is 14.8. The van der Waals surface area contributed by atoms with Gasteiger partial charge in [0.25, 0.3) is 17.7 Å². The maximum Gasteiger partial charge on any atom is 0.291 e. The van der Waals surface area contributed by atoms with Crippen molar-refractivity contribution in [3.63, 3.8) is 0 Å². The van der Waals surface area contributed by atoms with E-state index in [9.17, 15) is 18.8 Å². The molecule has 1 spiro atoms. The lowest BCUT2D eigenvalue weighted by Crippen LogP contribution is -2.59. The van der Waals surface area contributed by atoms with Gasteiger partial charge in [-0.3, -0.25) is 19.4 Å². The molecule has 2 saturated heterocycles. The molecule has 3 aliphatic rings. The molecule has 0 unspecified atom stereocenters. The third-order valence-corrected chi connectivity index (χ3v) is 10.7. The molecule has 5 aromatic rings. The molecule has 276 valence electrons. The van der Waals surface area contributed by atoms with E-state index < -0.39 is 11.7 Å². The van der Waals surface area contributed by atoms with E-state index in [1.807, 2.05) is 26.8 Å². The first-order valence-corrected chi connectivity index (χ1v) is 18.3. The normalized spacial score (nSPS) is 15.9. The molecule has 0 radical (unpaired) electrons. The van der Waals surface area contributed by atoms with Gasteiger partial charge in [0.15, 0.2) is 5.76 Å². The fourth-order valence-electron chi connectivity index (χ4n) is 7.71. The number of aromatic nitrogens is 2. The molecular formula is C42H41FN6O5. The monoisotopic (exact) mass is 728 g/mol. The van der Waals surface area contributed by atoms with Crippen LogP contribution in [0.1, 0.15) is 80.6 Å². The van der Waals surface area contributed by atoms with E-state index in [2.05, 4.69) is 25.5 Å². The van der Waals surface area contributed by atoms with Crippen LogP contribution in [0.25, 0.3) is 11.3 Å². The number of nitrogens with zero attached hydrogens (tertiary/aromatic N) is 4. The smallest absolute Gasteiger partial charge is 0.291 e. The first kappa shape index (κ1) is 35.2. The van der Waals surface area contributed by atoms with E-state index in [1.54, 1.807) is 72.0 Å². The first-order valence-electron chi connectivity index (χ1n) is 18.3. The molecule has 2 aromatic carbocycles. The lowest BCUT2D eigenvalue weighted by molar-refractivity contribution is -0.000511. The van der Waals surface area contributed by atoms with Gasteiger partial charge in [-0.15, -0.1) is 0 Å². The molecule has 6 heterocycles. The number of amides is 3. The lowest BCUT2D eigenvalue weighted by atomic mass is 9.73. The number of aryl methyl sites for hydroxylation is 1. The Hall–Kier alpha value is -5.88. The highest BCUT2D eigenvalue weighted by atomic mass is 19.1. The van der Waals surface area contributed by atoms with Gasteiger partial charge in [-0.05, 0) is 91.8 Å². The molecule has 2 fully saturated rings. The molecule has 3 aromatic heterocycles. The fourth-order valence-corrected chi connectivity index (χ4v) is 7.71. The number of fused-ring (bicyclic) bond motifs is 3. The van der Waals surface area contributed by atoms with E-state index in [1.165, 1.54) is 6.07 Å². The topological polar surface area (TPSA) is 130 Å².